The maximum atomic E-state index is 12.6. The van der Waals surface area contributed by atoms with E-state index in [-0.39, 0.29) is 5.91 Å². The number of nitrogens with one attached hydrogen (secondary N) is 1. The van der Waals surface area contributed by atoms with Crippen molar-refractivity contribution in [2.45, 2.75) is 39.0 Å². The van der Waals surface area contributed by atoms with Gasteiger partial charge in [-0.25, -0.2) is 0 Å². The van der Waals surface area contributed by atoms with Gasteiger partial charge in [0, 0.05) is 12.7 Å². The highest BCUT2D eigenvalue weighted by Crippen LogP contribution is 2.23. The van der Waals surface area contributed by atoms with Crippen LogP contribution in [0.3, 0.4) is 0 Å². The molecule has 0 unspecified atom stereocenters. The standard InChI is InChI=1S/C19H26N4O2/c1-15-17(18(22-25-15)16-9-4-5-10-20-16)19(24)21-11-8-14-23-12-6-2-3-7-13-23/h4-5,9-10H,2-3,6-8,11-14H2,1H3,(H,21,24). The van der Waals surface area contributed by atoms with Gasteiger partial charge in [0.15, 0.2) is 0 Å². The summed E-state index contributed by atoms with van der Waals surface area (Å²) in [7, 11) is 0. The normalized spacial score (nSPS) is 15.7. The second-order valence-corrected chi connectivity index (χ2v) is 6.54. The molecule has 0 aromatic carbocycles. The van der Waals surface area contributed by atoms with Crippen molar-refractivity contribution in [3.63, 3.8) is 0 Å². The maximum Gasteiger partial charge on any atom is 0.257 e. The van der Waals surface area contributed by atoms with Gasteiger partial charge in [-0.05, 0) is 58.0 Å². The molecule has 2 aromatic heterocycles. The third-order valence-corrected chi connectivity index (χ3v) is 4.63. The summed E-state index contributed by atoms with van der Waals surface area (Å²) in [5, 5.41) is 7.01. The molecule has 0 radical (unpaired) electrons. The number of rotatable bonds is 6. The van der Waals surface area contributed by atoms with E-state index in [1.165, 1.54) is 38.8 Å². The molecule has 0 saturated carbocycles. The minimum absolute atomic E-state index is 0.143. The number of aryl methyl sites for hydroxylation is 1. The average molecular weight is 342 g/mol. The Labute approximate surface area is 148 Å². The number of pyridine rings is 1. The number of amides is 1. The lowest BCUT2D eigenvalue weighted by Gasteiger charge is -2.19. The second kappa shape index (κ2) is 8.76. The molecular formula is C19H26N4O2. The van der Waals surface area contributed by atoms with Crippen LogP contribution in [0.5, 0.6) is 0 Å². The van der Waals surface area contributed by atoms with Crippen molar-refractivity contribution >= 4 is 5.91 Å². The van der Waals surface area contributed by atoms with E-state index in [1.54, 1.807) is 13.1 Å². The predicted octanol–water partition coefficient (Wildman–Crippen LogP) is 3.04. The highest BCUT2D eigenvalue weighted by molar-refractivity contribution is 6.00. The highest BCUT2D eigenvalue weighted by atomic mass is 16.5. The van der Waals surface area contributed by atoms with E-state index < -0.39 is 0 Å². The summed E-state index contributed by atoms with van der Waals surface area (Å²) in [6.07, 6.45) is 7.91. The lowest BCUT2D eigenvalue weighted by atomic mass is 10.1. The van der Waals surface area contributed by atoms with Crippen LogP contribution in [0.15, 0.2) is 28.9 Å². The van der Waals surface area contributed by atoms with Gasteiger partial charge in [0.25, 0.3) is 5.91 Å². The zero-order valence-electron chi connectivity index (χ0n) is 14.8. The fourth-order valence-electron chi connectivity index (χ4n) is 3.27. The molecule has 0 spiro atoms. The zero-order chi connectivity index (χ0) is 17.5. The Bertz CT molecular complexity index is 676. The lowest BCUT2D eigenvalue weighted by Crippen LogP contribution is -2.31. The molecule has 1 amide bonds. The van der Waals surface area contributed by atoms with Crippen LogP contribution in [0, 0.1) is 6.92 Å². The molecule has 6 nitrogen and oxygen atoms in total. The Hall–Kier alpha value is -2.21. The first-order valence-electron chi connectivity index (χ1n) is 9.14. The molecule has 134 valence electrons. The van der Waals surface area contributed by atoms with Crippen molar-refractivity contribution in [3.05, 3.63) is 35.7 Å². The average Bonchev–Trinajstić information content (AvgIpc) is 2.84. The van der Waals surface area contributed by atoms with Gasteiger partial charge in [-0.1, -0.05) is 24.1 Å². The van der Waals surface area contributed by atoms with Crippen molar-refractivity contribution in [1.82, 2.24) is 20.4 Å². The van der Waals surface area contributed by atoms with Crippen LogP contribution in [-0.4, -0.2) is 47.1 Å². The topological polar surface area (TPSA) is 71.3 Å². The smallest absolute Gasteiger partial charge is 0.257 e. The first-order valence-corrected chi connectivity index (χ1v) is 9.14. The van der Waals surface area contributed by atoms with Gasteiger partial charge in [-0.3, -0.25) is 9.78 Å². The Balaban J connectivity index is 1.54. The minimum atomic E-state index is -0.143. The van der Waals surface area contributed by atoms with Gasteiger partial charge < -0.3 is 14.7 Å². The summed E-state index contributed by atoms with van der Waals surface area (Å²) in [5.41, 5.74) is 1.63. The SMILES string of the molecule is Cc1onc(-c2ccccn2)c1C(=O)NCCCN1CCCCCC1. The second-order valence-electron chi connectivity index (χ2n) is 6.54. The number of aromatic nitrogens is 2. The van der Waals surface area contributed by atoms with Crippen LogP contribution in [0.2, 0.25) is 0 Å². The van der Waals surface area contributed by atoms with Crippen molar-refractivity contribution in [2.75, 3.05) is 26.2 Å². The van der Waals surface area contributed by atoms with Crippen molar-refractivity contribution in [1.29, 1.82) is 0 Å². The molecule has 6 heteroatoms. The van der Waals surface area contributed by atoms with Crippen molar-refractivity contribution < 1.29 is 9.32 Å². The van der Waals surface area contributed by atoms with E-state index >= 15 is 0 Å². The Morgan fingerprint density at radius 3 is 2.76 bits per heavy atom. The Morgan fingerprint density at radius 2 is 2.04 bits per heavy atom. The van der Waals surface area contributed by atoms with Crippen LogP contribution < -0.4 is 5.32 Å². The summed E-state index contributed by atoms with van der Waals surface area (Å²) >= 11 is 0. The van der Waals surface area contributed by atoms with E-state index in [4.69, 9.17) is 4.52 Å². The number of likely N-dealkylation sites (tertiary alicyclic amines) is 1. The molecule has 0 bridgehead atoms. The van der Waals surface area contributed by atoms with Crippen LogP contribution in [0.4, 0.5) is 0 Å². The first kappa shape index (κ1) is 17.6. The van der Waals surface area contributed by atoms with Crippen molar-refractivity contribution in [3.8, 4) is 11.4 Å². The van der Waals surface area contributed by atoms with E-state index in [2.05, 4.69) is 20.4 Å². The number of nitrogens with zero attached hydrogens (tertiary/aromatic N) is 3. The Kier molecular flexibility index (Phi) is 6.17. The predicted molar refractivity (Wildman–Crippen MR) is 96.3 cm³/mol. The minimum Gasteiger partial charge on any atom is -0.360 e. The van der Waals surface area contributed by atoms with Crippen LogP contribution in [0.1, 0.15) is 48.2 Å². The van der Waals surface area contributed by atoms with E-state index in [0.29, 0.717) is 29.3 Å². The van der Waals surface area contributed by atoms with Gasteiger partial charge in [0.05, 0.1) is 5.69 Å². The Morgan fingerprint density at radius 1 is 1.24 bits per heavy atom. The molecule has 1 fully saturated rings. The molecule has 25 heavy (non-hydrogen) atoms. The maximum absolute atomic E-state index is 12.6. The molecular weight excluding hydrogens is 316 g/mol. The van der Waals surface area contributed by atoms with Gasteiger partial charge in [0.2, 0.25) is 0 Å². The molecule has 3 heterocycles. The number of hydrogen-bond acceptors (Lipinski definition) is 5. The van der Waals surface area contributed by atoms with Gasteiger partial charge in [-0.15, -0.1) is 0 Å². The van der Waals surface area contributed by atoms with E-state index in [9.17, 15) is 4.79 Å². The monoisotopic (exact) mass is 342 g/mol. The third-order valence-electron chi connectivity index (χ3n) is 4.63. The molecule has 2 aromatic rings. The van der Waals surface area contributed by atoms with Crippen LogP contribution >= 0.6 is 0 Å². The molecule has 1 saturated heterocycles. The highest BCUT2D eigenvalue weighted by Gasteiger charge is 2.22. The van der Waals surface area contributed by atoms with Gasteiger partial charge in [0.1, 0.15) is 17.0 Å². The van der Waals surface area contributed by atoms with E-state index in [1.807, 2.05) is 18.2 Å². The lowest BCUT2D eigenvalue weighted by molar-refractivity contribution is 0.0950. The van der Waals surface area contributed by atoms with Crippen molar-refractivity contribution in [2.24, 2.45) is 0 Å². The summed E-state index contributed by atoms with van der Waals surface area (Å²) < 4.78 is 5.23. The molecule has 0 atom stereocenters. The fraction of sp³-hybridized carbons (Fsp3) is 0.526. The summed E-state index contributed by atoms with van der Waals surface area (Å²) in [6.45, 7) is 5.81. The summed E-state index contributed by atoms with van der Waals surface area (Å²) in [6, 6.07) is 5.53. The number of carbonyl (C=O) groups is 1. The zero-order valence-corrected chi connectivity index (χ0v) is 14.8. The number of carbonyl (C=O) groups excluding carboxylic acids is 1. The molecule has 0 aliphatic carbocycles. The molecule has 1 N–H and O–H groups in total. The third kappa shape index (κ3) is 4.66. The quantitative estimate of drug-likeness (QED) is 0.817. The van der Waals surface area contributed by atoms with Gasteiger partial charge >= 0.3 is 0 Å². The molecule has 1 aliphatic rings. The van der Waals surface area contributed by atoms with E-state index in [0.717, 1.165) is 13.0 Å². The summed E-state index contributed by atoms with van der Waals surface area (Å²) in [4.78, 5) is 19.3. The fourth-order valence-corrected chi connectivity index (χ4v) is 3.27. The first-order chi connectivity index (χ1) is 12.3. The van der Waals surface area contributed by atoms with Crippen LogP contribution in [-0.2, 0) is 0 Å². The summed E-state index contributed by atoms with van der Waals surface area (Å²) in [5.74, 6) is 0.376. The van der Waals surface area contributed by atoms with Crippen LogP contribution in [0.25, 0.3) is 11.4 Å². The molecule has 3 rings (SSSR count). The molecule has 1 aliphatic heterocycles. The number of hydrogen-bond donors (Lipinski definition) is 1. The largest absolute Gasteiger partial charge is 0.360 e. The van der Waals surface area contributed by atoms with Gasteiger partial charge in [-0.2, -0.15) is 0 Å².